The highest BCUT2D eigenvalue weighted by Gasteiger charge is 2.27. The summed E-state index contributed by atoms with van der Waals surface area (Å²) in [7, 11) is 0. The molecule has 0 spiro atoms. The first kappa shape index (κ1) is 17.9. The normalized spacial score (nSPS) is 27.4. The lowest BCUT2D eigenvalue weighted by atomic mass is 9.91. The van der Waals surface area contributed by atoms with Gasteiger partial charge in [0.2, 0.25) is 0 Å². The first-order valence-electron chi connectivity index (χ1n) is 8.29. The van der Waals surface area contributed by atoms with Gasteiger partial charge in [0.05, 0.1) is 18.8 Å². The highest BCUT2D eigenvalue weighted by molar-refractivity contribution is 4.86. The molecule has 2 N–H and O–H groups in total. The van der Waals surface area contributed by atoms with Crippen molar-refractivity contribution in [2.24, 2.45) is 0 Å². The fourth-order valence-electron chi connectivity index (χ4n) is 3.14. The summed E-state index contributed by atoms with van der Waals surface area (Å²) in [5, 5.41) is 13.3. The summed E-state index contributed by atoms with van der Waals surface area (Å²) in [6.45, 7) is 13.0. The second-order valence-corrected chi connectivity index (χ2v) is 6.34. The smallest absolute Gasteiger partial charge is 0.0678 e. The van der Waals surface area contributed by atoms with E-state index in [-0.39, 0.29) is 12.1 Å². The summed E-state index contributed by atoms with van der Waals surface area (Å²) in [6, 6.07) is 0. The highest BCUT2D eigenvalue weighted by Crippen LogP contribution is 2.19. The van der Waals surface area contributed by atoms with Crippen molar-refractivity contribution in [1.29, 1.82) is 0 Å². The topological polar surface area (TPSA) is 44.7 Å². The average molecular weight is 286 g/mol. The third-order valence-electron chi connectivity index (χ3n) is 4.35. The summed E-state index contributed by atoms with van der Waals surface area (Å²) >= 11 is 0. The van der Waals surface area contributed by atoms with E-state index in [4.69, 9.17) is 4.74 Å². The van der Waals surface area contributed by atoms with Crippen LogP contribution in [0.4, 0.5) is 0 Å². The van der Waals surface area contributed by atoms with Crippen molar-refractivity contribution < 1.29 is 9.84 Å². The molecule has 0 aliphatic carbocycles. The SMILES string of the molecule is CCCNC(CC)(CO)CCCN1C[C@@H](C)O[C@@H](C)C1. The van der Waals surface area contributed by atoms with Gasteiger partial charge >= 0.3 is 0 Å². The predicted molar refractivity (Wildman–Crippen MR) is 84.1 cm³/mol. The summed E-state index contributed by atoms with van der Waals surface area (Å²) < 4.78 is 5.77. The van der Waals surface area contributed by atoms with Gasteiger partial charge in [0.1, 0.15) is 0 Å². The van der Waals surface area contributed by atoms with Crippen LogP contribution in [0.15, 0.2) is 0 Å². The van der Waals surface area contributed by atoms with Crippen molar-refractivity contribution in [1.82, 2.24) is 10.2 Å². The fourth-order valence-corrected chi connectivity index (χ4v) is 3.14. The van der Waals surface area contributed by atoms with Crippen LogP contribution >= 0.6 is 0 Å². The molecule has 4 heteroatoms. The third kappa shape index (κ3) is 5.68. The van der Waals surface area contributed by atoms with Gasteiger partial charge in [0.25, 0.3) is 0 Å². The molecule has 0 radical (unpaired) electrons. The van der Waals surface area contributed by atoms with Crippen molar-refractivity contribution in [3.63, 3.8) is 0 Å². The minimum Gasteiger partial charge on any atom is -0.394 e. The maximum absolute atomic E-state index is 9.73. The monoisotopic (exact) mass is 286 g/mol. The van der Waals surface area contributed by atoms with Crippen LogP contribution in [0, 0.1) is 0 Å². The summed E-state index contributed by atoms with van der Waals surface area (Å²) in [4.78, 5) is 2.50. The third-order valence-corrected chi connectivity index (χ3v) is 4.35. The molecule has 1 heterocycles. The molecule has 1 saturated heterocycles. The Balaban J connectivity index is 2.36. The molecule has 3 atom stereocenters. The van der Waals surface area contributed by atoms with Crippen LogP contribution in [0.2, 0.25) is 0 Å². The lowest BCUT2D eigenvalue weighted by Gasteiger charge is -2.37. The molecule has 1 aliphatic rings. The molecule has 0 aromatic rings. The standard InChI is InChI=1S/C16H34N2O2/c1-5-9-17-16(6-2,13-19)8-7-10-18-11-14(3)20-15(4)12-18/h14-15,17,19H,5-13H2,1-4H3/t14-,15+,16?. The number of hydrogen-bond donors (Lipinski definition) is 2. The van der Waals surface area contributed by atoms with E-state index in [0.29, 0.717) is 12.2 Å². The van der Waals surface area contributed by atoms with E-state index in [1.807, 2.05) is 0 Å². The Labute approximate surface area is 124 Å². The molecule has 0 aromatic heterocycles. The van der Waals surface area contributed by atoms with Gasteiger partial charge in [-0.2, -0.15) is 0 Å². The highest BCUT2D eigenvalue weighted by atomic mass is 16.5. The molecule has 1 rings (SSSR count). The van der Waals surface area contributed by atoms with Gasteiger partial charge in [-0.05, 0) is 52.6 Å². The van der Waals surface area contributed by atoms with Crippen LogP contribution in [0.3, 0.4) is 0 Å². The first-order valence-corrected chi connectivity index (χ1v) is 8.29. The van der Waals surface area contributed by atoms with Gasteiger partial charge in [-0.25, -0.2) is 0 Å². The van der Waals surface area contributed by atoms with Gasteiger partial charge in [-0.1, -0.05) is 13.8 Å². The predicted octanol–water partition coefficient (Wildman–Crippen LogP) is 2.02. The lowest BCUT2D eigenvalue weighted by Crippen LogP contribution is -2.49. The zero-order valence-electron chi connectivity index (χ0n) is 13.8. The van der Waals surface area contributed by atoms with Crippen LogP contribution in [0.25, 0.3) is 0 Å². The minimum absolute atomic E-state index is 0.0838. The molecule has 1 aliphatic heterocycles. The maximum Gasteiger partial charge on any atom is 0.0678 e. The Morgan fingerprint density at radius 1 is 1.25 bits per heavy atom. The van der Waals surface area contributed by atoms with Crippen LogP contribution in [0.1, 0.15) is 53.4 Å². The molecule has 0 amide bonds. The molecule has 0 aromatic carbocycles. The van der Waals surface area contributed by atoms with Crippen LogP contribution < -0.4 is 5.32 Å². The van der Waals surface area contributed by atoms with Crippen molar-refractivity contribution in [2.75, 3.05) is 32.8 Å². The molecule has 1 unspecified atom stereocenters. The largest absolute Gasteiger partial charge is 0.394 e. The quantitative estimate of drug-likeness (QED) is 0.681. The van der Waals surface area contributed by atoms with E-state index >= 15 is 0 Å². The van der Waals surface area contributed by atoms with E-state index < -0.39 is 0 Å². The maximum atomic E-state index is 9.73. The summed E-state index contributed by atoms with van der Waals surface area (Å²) in [5.41, 5.74) is -0.0838. The Kier molecular flexibility index (Phi) is 8.03. The molecule has 4 nitrogen and oxygen atoms in total. The number of ether oxygens (including phenoxy) is 1. The van der Waals surface area contributed by atoms with Crippen LogP contribution in [0.5, 0.6) is 0 Å². The Morgan fingerprint density at radius 2 is 1.90 bits per heavy atom. The van der Waals surface area contributed by atoms with E-state index in [2.05, 4.69) is 37.9 Å². The molecule has 0 saturated carbocycles. The minimum atomic E-state index is -0.0838. The van der Waals surface area contributed by atoms with E-state index in [0.717, 1.165) is 51.9 Å². The number of morpholine rings is 1. The number of hydrogen-bond acceptors (Lipinski definition) is 4. The van der Waals surface area contributed by atoms with Gasteiger partial charge in [0.15, 0.2) is 0 Å². The van der Waals surface area contributed by atoms with Gasteiger partial charge < -0.3 is 15.2 Å². The molecular formula is C16H34N2O2. The number of aliphatic hydroxyl groups is 1. The van der Waals surface area contributed by atoms with Crippen molar-refractivity contribution in [3.05, 3.63) is 0 Å². The number of nitrogens with one attached hydrogen (secondary N) is 1. The number of aliphatic hydroxyl groups excluding tert-OH is 1. The first-order chi connectivity index (χ1) is 9.55. The molecule has 1 fully saturated rings. The van der Waals surface area contributed by atoms with Gasteiger partial charge in [-0.15, -0.1) is 0 Å². The second-order valence-electron chi connectivity index (χ2n) is 6.34. The summed E-state index contributed by atoms with van der Waals surface area (Å²) in [5.74, 6) is 0. The number of nitrogens with zero attached hydrogens (tertiary/aromatic N) is 1. The van der Waals surface area contributed by atoms with Crippen molar-refractivity contribution >= 4 is 0 Å². The lowest BCUT2D eigenvalue weighted by molar-refractivity contribution is -0.0686. The molecule has 0 bridgehead atoms. The zero-order chi connectivity index (χ0) is 15.0. The van der Waals surface area contributed by atoms with Gasteiger partial charge in [0, 0.05) is 18.6 Å². The molecule has 120 valence electrons. The van der Waals surface area contributed by atoms with Crippen LogP contribution in [-0.4, -0.2) is 60.5 Å². The Morgan fingerprint density at radius 3 is 2.40 bits per heavy atom. The Bertz CT molecular complexity index is 247. The van der Waals surface area contributed by atoms with Crippen molar-refractivity contribution in [3.8, 4) is 0 Å². The second kappa shape index (κ2) is 8.98. The average Bonchev–Trinajstić information content (AvgIpc) is 2.42. The van der Waals surface area contributed by atoms with Crippen molar-refractivity contribution in [2.45, 2.75) is 71.1 Å². The van der Waals surface area contributed by atoms with E-state index in [1.165, 1.54) is 0 Å². The number of rotatable bonds is 9. The van der Waals surface area contributed by atoms with E-state index in [1.54, 1.807) is 0 Å². The zero-order valence-corrected chi connectivity index (χ0v) is 13.8. The van der Waals surface area contributed by atoms with Crippen LogP contribution in [-0.2, 0) is 4.74 Å². The Hall–Kier alpha value is -0.160. The fraction of sp³-hybridized carbons (Fsp3) is 1.00. The molecule has 20 heavy (non-hydrogen) atoms. The van der Waals surface area contributed by atoms with Gasteiger partial charge in [-0.3, -0.25) is 4.90 Å². The van der Waals surface area contributed by atoms with E-state index in [9.17, 15) is 5.11 Å². The molecular weight excluding hydrogens is 252 g/mol. The summed E-state index contributed by atoms with van der Waals surface area (Å²) in [6.07, 6.45) is 4.95.